The fraction of sp³-hybridized carbons (Fsp3) is 0.667. The van der Waals surface area contributed by atoms with Crippen molar-refractivity contribution in [1.29, 1.82) is 0 Å². The average molecular weight is 291 g/mol. The highest BCUT2D eigenvalue weighted by Gasteiger charge is 2.24. The van der Waals surface area contributed by atoms with Gasteiger partial charge < -0.3 is 14.6 Å². The summed E-state index contributed by atoms with van der Waals surface area (Å²) in [6, 6.07) is 2.74. The minimum atomic E-state index is -3.70. The van der Waals surface area contributed by atoms with E-state index in [0.717, 1.165) is 0 Å². The van der Waals surface area contributed by atoms with Gasteiger partial charge in [0.05, 0.1) is 0 Å². The molecule has 0 saturated carbocycles. The second kappa shape index (κ2) is 6.51. The Morgan fingerprint density at radius 3 is 2.53 bits per heavy atom. The molecular weight excluding hydrogens is 270 g/mol. The summed E-state index contributed by atoms with van der Waals surface area (Å²) in [7, 11) is -3.70. The molecule has 110 valence electrons. The van der Waals surface area contributed by atoms with E-state index >= 15 is 0 Å². The maximum atomic E-state index is 11.9. The van der Waals surface area contributed by atoms with E-state index in [9.17, 15) is 8.42 Å². The minimum Gasteiger partial charge on any atom is -0.446 e. The molecule has 1 rings (SSSR count). The monoisotopic (exact) mass is 291 g/mol. The molecule has 1 aromatic heterocycles. The number of sulfonamides is 1. The number of rotatable bonds is 8. The fourth-order valence-corrected chi connectivity index (χ4v) is 2.78. The summed E-state index contributed by atoms with van der Waals surface area (Å²) >= 11 is 0. The molecule has 0 saturated heterocycles. The molecule has 7 heteroatoms. The van der Waals surface area contributed by atoms with Crippen molar-refractivity contribution in [2.45, 2.75) is 38.4 Å². The van der Waals surface area contributed by atoms with E-state index in [2.05, 4.69) is 4.72 Å². The summed E-state index contributed by atoms with van der Waals surface area (Å²) < 4.78 is 31.4. The summed E-state index contributed by atoms with van der Waals surface area (Å²) in [6.45, 7) is 3.86. The first kappa shape index (κ1) is 16.2. The largest absolute Gasteiger partial charge is 0.446 e. The molecule has 0 bridgehead atoms. The molecule has 0 aliphatic carbocycles. The van der Waals surface area contributed by atoms with Gasteiger partial charge in [0.25, 0.3) is 10.0 Å². The van der Waals surface area contributed by atoms with E-state index in [1.807, 2.05) is 13.8 Å². The van der Waals surface area contributed by atoms with Crippen molar-refractivity contribution in [2.24, 2.45) is 5.41 Å². The van der Waals surface area contributed by atoms with E-state index < -0.39 is 10.0 Å². The number of aliphatic hydroxyl groups is 2. The third-order valence-electron chi connectivity index (χ3n) is 2.81. The van der Waals surface area contributed by atoms with Crippen LogP contribution in [0.25, 0.3) is 0 Å². The minimum absolute atomic E-state index is 0.0915. The van der Waals surface area contributed by atoms with E-state index in [-0.39, 0.29) is 36.0 Å². The van der Waals surface area contributed by atoms with Crippen molar-refractivity contribution >= 4 is 10.0 Å². The van der Waals surface area contributed by atoms with Gasteiger partial charge in [-0.1, -0.05) is 13.8 Å². The van der Waals surface area contributed by atoms with Crippen LogP contribution in [-0.2, 0) is 16.6 Å². The number of aliphatic hydroxyl groups excluding tert-OH is 2. The Labute approximate surface area is 113 Å². The molecule has 0 atom stereocenters. The first-order valence-corrected chi connectivity index (χ1v) is 7.59. The predicted octanol–water partition coefficient (Wildman–Crippen LogP) is 0.849. The van der Waals surface area contributed by atoms with Crippen LogP contribution in [0.15, 0.2) is 21.6 Å². The zero-order valence-corrected chi connectivity index (χ0v) is 12.0. The molecule has 0 amide bonds. The zero-order valence-electron chi connectivity index (χ0n) is 11.2. The van der Waals surface area contributed by atoms with E-state index in [1.54, 1.807) is 0 Å². The Balaban J connectivity index is 2.65. The topological polar surface area (TPSA) is 99.8 Å². The van der Waals surface area contributed by atoms with Crippen LogP contribution in [0.4, 0.5) is 0 Å². The van der Waals surface area contributed by atoms with Crippen molar-refractivity contribution in [3.05, 3.63) is 17.9 Å². The van der Waals surface area contributed by atoms with E-state index in [0.29, 0.717) is 12.8 Å². The van der Waals surface area contributed by atoms with Gasteiger partial charge in [0.1, 0.15) is 12.4 Å². The third kappa shape index (κ3) is 4.94. The fourth-order valence-electron chi connectivity index (χ4n) is 1.60. The van der Waals surface area contributed by atoms with Crippen LogP contribution in [-0.4, -0.2) is 31.8 Å². The third-order valence-corrected chi connectivity index (χ3v) is 4.08. The highest BCUT2D eigenvalue weighted by Crippen LogP contribution is 2.22. The second-order valence-electron chi connectivity index (χ2n) is 5.19. The molecule has 0 aromatic carbocycles. The molecule has 0 aliphatic rings. The van der Waals surface area contributed by atoms with Crippen LogP contribution in [0, 0.1) is 5.41 Å². The van der Waals surface area contributed by atoms with E-state index in [1.165, 1.54) is 12.1 Å². The Morgan fingerprint density at radius 1 is 1.32 bits per heavy atom. The van der Waals surface area contributed by atoms with Gasteiger partial charge in [-0.05, 0) is 30.4 Å². The average Bonchev–Trinajstić information content (AvgIpc) is 2.84. The Morgan fingerprint density at radius 2 is 2.00 bits per heavy atom. The van der Waals surface area contributed by atoms with Crippen molar-refractivity contribution in [3.63, 3.8) is 0 Å². The first-order chi connectivity index (χ1) is 8.80. The molecule has 19 heavy (non-hydrogen) atoms. The van der Waals surface area contributed by atoms with Gasteiger partial charge in [-0.2, -0.15) is 0 Å². The SMILES string of the molecule is CC(C)(CCCO)CNS(=O)(=O)c1ccc(CO)o1. The standard InChI is InChI=1S/C12H21NO5S/c1-12(2,6-3-7-14)9-13-19(16,17)11-5-4-10(8-15)18-11/h4-5,13-15H,3,6-9H2,1-2H3. The first-order valence-electron chi connectivity index (χ1n) is 6.11. The Hall–Kier alpha value is -0.890. The summed E-state index contributed by atoms with van der Waals surface area (Å²) in [5, 5.41) is 17.4. The van der Waals surface area contributed by atoms with Crippen molar-refractivity contribution < 1.29 is 23.0 Å². The lowest BCUT2D eigenvalue weighted by molar-refractivity contribution is 0.235. The van der Waals surface area contributed by atoms with Crippen LogP contribution >= 0.6 is 0 Å². The van der Waals surface area contributed by atoms with Crippen LogP contribution < -0.4 is 4.72 Å². The normalized spacial score (nSPS) is 12.8. The molecule has 1 aromatic rings. The maximum Gasteiger partial charge on any atom is 0.273 e. The number of nitrogens with one attached hydrogen (secondary N) is 1. The molecular formula is C12H21NO5S. The lowest BCUT2D eigenvalue weighted by Crippen LogP contribution is -2.34. The summed E-state index contributed by atoms with van der Waals surface area (Å²) in [5.74, 6) is 0.208. The molecule has 3 N–H and O–H groups in total. The summed E-state index contributed by atoms with van der Waals surface area (Å²) in [5.41, 5.74) is -0.248. The van der Waals surface area contributed by atoms with Crippen LogP contribution in [0.1, 0.15) is 32.4 Å². The summed E-state index contributed by atoms with van der Waals surface area (Å²) in [6.07, 6.45) is 1.34. The summed E-state index contributed by atoms with van der Waals surface area (Å²) in [4.78, 5) is 0. The number of furan rings is 1. The highest BCUT2D eigenvalue weighted by molar-refractivity contribution is 7.89. The van der Waals surface area contributed by atoms with Gasteiger partial charge in [0.15, 0.2) is 0 Å². The van der Waals surface area contributed by atoms with Crippen LogP contribution in [0.2, 0.25) is 0 Å². The van der Waals surface area contributed by atoms with Gasteiger partial charge >= 0.3 is 0 Å². The lowest BCUT2D eigenvalue weighted by Gasteiger charge is -2.24. The molecule has 6 nitrogen and oxygen atoms in total. The highest BCUT2D eigenvalue weighted by atomic mass is 32.2. The van der Waals surface area contributed by atoms with Crippen LogP contribution in [0.5, 0.6) is 0 Å². The van der Waals surface area contributed by atoms with Gasteiger partial charge in [-0.15, -0.1) is 0 Å². The molecule has 0 unspecified atom stereocenters. The zero-order chi connectivity index (χ0) is 14.5. The molecule has 1 heterocycles. The smallest absolute Gasteiger partial charge is 0.273 e. The molecule has 0 aliphatic heterocycles. The van der Waals surface area contributed by atoms with Gasteiger partial charge in [0, 0.05) is 13.2 Å². The molecule has 0 spiro atoms. The molecule has 0 radical (unpaired) electrons. The number of hydrogen-bond donors (Lipinski definition) is 3. The lowest BCUT2D eigenvalue weighted by atomic mass is 9.88. The second-order valence-corrected chi connectivity index (χ2v) is 6.89. The van der Waals surface area contributed by atoms with Crippen molar-refractivity contribution in [1.82, 2.24) is 4.72 Å². The van der Waals surface area contributed by atoms with Crippen LogP contribution in [0.3, 0.4) is 0 Å². The predicted molar refractivity (Wildman–Crippen MR) is 69.9 cm³/mol. The van der Waals surface area contributed by atoms with Gasteiger partial charge in [0.2, 0.25) is 5.09 Å². The quantitative estimate of drug-likeness (QED) is 0.659. The number of hydrogen-bond acceptors (Lipinski definition) is 5. The van der Waals surface area contributed by atoms with Crippen molar-refractivity contribution in [3.8, 4) is 0 Å². The van der Waals surface area contributed by atoms with Gasteiger partial charge in [-0.25, -0.2) is 13.1 Å². The van der Waals surface area contributed by atoms with Gasteiger partial charge in [-0.3, -0.25) is 0 Å². The Kier molecular flexibility index (Phi) is 5.54. The maximum absolute atomic E-state index is 11.9. The Bertz CT molecular complexity index is 492. The van der Waals surface area contributed by atoms with Crippen molar-refractivity contribution in [2.75, 3.05) is 13.2 Å². The van der Waals surface area contributed by atoms with E-state index in [4.69, 9.17) is 14.6 Å². The molecule has 0 fully saturated rings.